The van der Waals surface area contributed by atoms with E-state index in [-0.39, 0.29) is 0 Å². The van der Waals surface area contributed by atoms with Gasteiger partial charge < -0.3 is 9.72 Å². The number of aromatic nitrogens is 1. The maximum Gasteiger partial charge on any atom is 0.119 e. The normalized spacial score (nSPS) is 15.5. The predicted octanol–water partition coefficient (Wildman–Crippen LogP) is 5.06. The lowest BCUT2D eigenvalue weighted by molar-refractivity contribution is 0.321. The molecule has 0 radical (unpaired) electrons. The first-order valence-corrected chi connectivity index (χ1v) is 8.09. The zero-order chi connectivity index (χ0) is 15.6. The minimum absolute atomic E-state index is 0.550. The Kier molecular flexibility index (Phi) is 3.30. The Hall–Kier alpha value is -2.22. The van der Waals surface area contributed by atoms with Crippen molar-refractivity contribution in [2.75, 3.05) is 6.61 Å². The van der Waals surface area contributed by atoms with Crippen LogP contribution < -0.4 is 4.74 Å². The number of hydrogen-bond acceptors (Lipinski definition) is 1. The van der Waals surface area contributed by atoms with Gasteiger partial charge in [0.05, 0.1) is 7.98 Å². The Labute approximate surface area is 132 Å². The lowest BCUT2D eigenvalue weighted by Gasteiger charge is -2.25. The largest absolute Gasteiger partial charge is 0.493 e. The number of nitrogens with one attached hydrogen (secondary N) is 1. The zero-order valence-corrected chi connectivity index (χ0v) is 12.6. The van der Waals surface area contributed by atoms with E-state index in [9.17, 15) is 0 Å². The average molecular weight is 292 g/mol. The standard InChI is InChI=1S/C20H21NO/c1-2-16(3-1)17-5-7-19(8-6-17)22-13-11-15-4-9-20-18(14-15)10-12-21-20/h4-10,12,14,16,21H,1-3,11,13H2/i10D. The highest BCUT2D eigenvalue weighted by atomic mass is 16.5. The third-order valence-corrected chi connectivity index (χ3v) is 4.66. The molecule has 0 atom stereocenters. The highest BCUT2D eigenvalue weighted by Gasteiger charge is 2.18. The van der Waals surface area contributed by atoms with Crippen LogP contribution in [-0.2, 0) is 6.42 Å². The van der Waals surface area contributed by atoms with E-state index in [2.05, 4.69) is 41.4 Å². The third kappa shape index (κ3) is 2.74. The smallest absolute Gasteiger partial charge is 0.119 e. The molecule has 0 bridgehead atoms. The predicted molar refractivity (Wildman–Crippen MR) is 90.5 cm³/mol. The van der Waals surface area contributed by atoms with Gasteiger partial charge in [-0.15, -0.1) is 0 Å². The molecule has 4 rings (SSSR count). The summed E-state index contributed by atoms with van der Waals surface area (Å²) < 4.78 is 13.7. The fourth-order valence-corrected chi connectivity index (χ4v) is 3.05. The molecule has 1 aliphatic carbocycles. The van der Waals surface area contributed by atoms with Crippen LogP contribution in [0.4, 0.5) is 0 Å². The van der Waals surface area contributed by atoms with Crippen LogP contribution in [0.5, 0.6) is 5.75 Å². The number of hydrogen-bond donors (Lipinski definition) is 1. The molecule has 1 fully saturated rings. The van der Waals surface area contributed by atoms with Crippen LogP contribution in [0.25, 0.3) is 10.9 Å². The molecule has 1 aliphatic rings. The molecule has 2 nitrogen and oxygen atoms in total. The Bertz CT molecular complexity index is 802. The molecule has 1 N–H and O–H groups in total. The van der Waals surface area contributed by atoms with Gasteiger partial charge in [-0.3, -0.25) is 0 Å². The first kappa shape index (κ1) is 12.3. The van der Waals surface area contributed by atoms with Crippen molar-refractivity contribution in [2.24, 2.45) is 0 Å². The fraction of sp³-hybridized carbons (Fsp3) is 0.300. The van der Waals surface area contributed by atoms with E-state index in [0.717, 1.165) is 29.0 Å². The molecular formula is C20H21NO. The summed E-state index contributed by atoms with van der Waals surface area (Å²) in [6.45, 7) is 0.659. The van der Waals surface area contributed by atoms with Crippen LogP contribution in [0, 0.1) is 0 Å². The van der Waals surface area contributed by atoms with Gasteiger partial charge in [-0.25, -0.2) is 0 Å². The second-order valence-corrected chi connectivity index (χ2v) is 6.11. The first-order chi connectivity index (χ1) is 11.3. The minimum Gasteiger partial charge on any atom is -0.493 e. The maximum atomic E-state index is 7.86. The Morgan fingerprint density at radius 3 is 2.77 bits per heavy atom. The van der Waals surface area contributed by atoms with Gasteiger partial charge in [0.15, 0.2) is 0 Å². The van der Waals surface area contributed by atoms with Crippen molar-refractivity contribution in [1.82, 2.24) is 4.98 Å². The number of fused-ring (bicyclic) bond motifs is 1. The SMILES string of the molecule is [2H]c1c[nH]c2ccc(CCOc3ccc(C4CCC4)cc3)cc12. The molecule has 0 spiro atoms. The van der Waals surface area contributed by atoms with Gasteiger partial charge in [0.1, 0.15) is 5.75 Å². The molecule has 2 aromatic carbocycles. The van der Waals surface area contributed by atoms with Gasteiger partial charge in [-0.05, 0) is 65.6 Å². The molecule has 0 amide bonds. The Morgan fingerprint density at radius 1 is 1.14 bits per heavy atom. The number of H-pyrrole nitrogens is 1. The second-order valence-electron chi connectivity index (χ2n) is 6.11. The van der Waals surface area contributed by atoms with Gasteiger partial charge in [0.25, 0.3) is 0 Å². The molecule has 0 aliphatic heterocycles. The molecule has 112 valence electrons. The summed E-state index contributed by atoms with van der Waals surface area (Å²) in [4.78, 5) is 3.10. The highest BCUT2D eigenvalue weighted by molar-refractivity contribution is 5.79. The van der Waals surface area contributed by atoms with E-state index in [1.165, 1.54) is 30.4 Å². The van der Waals surface area contributed by atoms with E-state index < -0.39 is 0 Å². The monoisotopic (exact) mass is 292 g/mol. The van der Waals surface area contributed by atoms with Gasteiger partial charge in [-0.2, -0.15) is 0 Å². The molecule has 1 heterocycles. The van der Waals surface area contributed by atoms with Crippen molar-refractivity contribution in [3.63, 3.8) is 0 Å². The van der Waals surface area contributed by atoms with Crippen LogP contribution in [-0.4, -0.2) is 11.6 Å². The zero-order valence-electron chi connectivity index (χ0n) is 13.6. The van der Waals surface area contributed by atoms with Gasteiger partial charge in [0, 0.05) is 18.1 Å². The van der Waals surface area contributed by atoms with E-state index in [1.807, 2.05) is 6.07 Å². The van der Waals surface area contributed by atoms with Crippen molar-refractivity contribution in [2.45, 2.75) is 31.6 Å². The summed E-state index contributed by atoms with van der Waals surface area (Å²) in [6.07, 6.45) is 6.62. The van der Waals surface area contributed by atoms with Crippen LogP contribution >= 0.6 is 0 Å². The van der Waals surface area contributed by atoms with Crippen molar-refractivity contribution in [3.05, 3.63) is 65.8 Å². The summed E-state index contributed by atoms with van der Waals surface area (Å²) in [5.41, 5.74) is 3.67. The summed E-state index contributed by atoms with van der Waals surface area (Å²) >= 11 is 0. The second kappa shape index (κ2) is 5.88. The van der Waals surface area contributed by atoms with E-state index in [4.69, 9.17) is 6.11 Å². The summed E-state index contributed by atoms with van der Waals surface area (Å²) in [5.74, 6) is 1.72. The van der Waals surface area contributed by atoms with Crippen molar-refractivity contribution >= 4 is 10.9 Å². The number of rotatable bonds is 5. The van der Waals surface area contributed by atoms with Gasteiger partial charge in [-0.1, -0.05) is 24.6 Å². The maximum absolute atomic E-state index is 7.86. The highest BCUT2D eigenvalue weighted by Crippen LogP contribution is 2.36. The summed E-state index contributed by atoms with van der Waals surface area (Å²) in [5, 5.41) is 0.979. The van der Waals surface area contributed by atoms with Crippen LogP contribution in [0.1, 0.15) is 37.7 Å². The van der Waals surface area contributed by atoms with Crippen LogP contribution in [0.15, 0.2) is 54.7 Å². The summed E-state index contributed by atoms with van der Waals surface area (Å²) in [7, 11) is 0. The summed E-state index contributed by atoms with van der Waals surface area (Å²) in [6, 6.07) is 15.4. The Balaban J connectivity index is 1.35. The Morgan fingerprint density at radius 2 is 2.00 bits per heavy atom. The van der Waals surface area contributed by atoms with Crippen molar-refractivity contribution in [1.29, 1.82) is 0 Å². The molecular weight excluding hydrogens is 270 g/mol. The van der Waals surface area contributed by atoms with E-state index in [0.29, 0.717) is 12.6 Å². The van der Waals surface area contributed by atoms with E-state index in [1.54, 1.807) is 6.20 Å². The van der Waals surface area contributed by atoms with Crippen LogP contribution in [0.3, 0.4) is 0 Å². The van der Waals surface area contributed by atoms with Crippen molar-refractivity contribution in [3.8, 4) is 5.75 Å². The van der Waals surface area contributed by atoms with E-state index >= 15 is 0 Å². The average Bonchev–Trinajstić information content (AvgIpc) is 2.89. The number of benzene rings is 2. The van der Waals surface area contributed by atoms with Gasteiger partial charge in [0.2, 0.25) is 0 Å². The minimum atomic E-state index is 0.550. The lowest BCUT2D eigenvalue weighted by Crippen LogP contribution is -2.08. The molecule has 22 heavy (non-hydrogen) atoms. The molecule has 1 aromatic heterocycles. The van der Waals surface area contributed by atoms with Crippen LogP contribution in [0.2, 0.25) is 0 Å². The third-order valence-electron chi connectivity index (χ3n) is 4.66. The quantitative estimate of drug-likeness (QED) is 0.699. The number of aromatic amines is 1. The lowest BCUT2D eigenvalue weighted by atomic mass is 9.80. The molecule has 3 aromatic rings. The topological polar surface area (TPSA) is 25.0 Å². The molecule has 0 unspecified atom stereocenters. The molecule has 0 saturated heterocycles. The first-order valence-electron chi connectivity index (χ1n) is 8.59. The van der Waals surface area contributed by atoms with Crippen molar-refractivity contribution < 1.29 is 6.11 Å². The molecule has 1 saturated carbocycles. The number of ether oxygens (including phenoxy) is 1. The molecule has 2 heteroatoms. The fourth-order valence-electron chi connectivity index (χ4n) is 3.05. The van der Waals surface area contributed by atoms with Gasteiger partial charge >= 0.3 is 0 Å².